The first-order valence-electron chi connectivity index (χ1n) is 5.73. The van der Waals surface area contributed by atoms with Crippen molar-refractivity contribution in [1.29, 1.82) is 0 Å². The molecule has 0 aliphatic heterocycles. The molecule has 19 heavy (non-hydrogen) atoms. The molecule has 2 aromatic rings. The van der Waals surface area contributed by atoms with Crippen LogP contribution < -0.4 is 5.73 Å². The van der Waals surface area contributed by atoms with Gasteiger partial charge in [-0.25, -0.2) is 8.42 Å². The minimum absolute atomic E-state index is 0.213. The topological polar surface area (TPSA) is 76.5 Å². The van der Waals surface area contributed by atoms with Crippen molar-refractivity contribution < 1.29 is 12.8 Å². The van der Waals surface area contributed by atoms with Crippen LogP contribution in [0.15, 0.2) is 33.1 Å². The van der Waals surface area contributed by atoms with E-state index in [2.05, 4.69) is 0 Å². The molecule has 104 valence electrons. The van der Waals surface area contributed by atoms with Crippen LogP contribution in [0.4, 0.5) is 0 Å². The maximum atomic E-state index is 12.4. The summed E-state index contributed by atoms with van der Waals surface area (Å²) in [4.78, 5) is 0.893. The molecule has 0 saturated heterocycles. The number of aryl methyl sites for hydroxylation is 1. The maximum Gasteiger partial charge on any atom is 0.252 e. The van der Waals surface area contributed by atoms with Gasteiger partial charge in [-0.15, -0.1) is 11.3 Å². The Morgan fingerprint density at radius 2 is 2.21 bits per heavy atom. The van der Waals surface area contributed by atoms with E-state index in [9.17, 15) is 8.42 Å². The van der Waals surface area contributed by atoms with E-state index >= 15 is 0 Å². The Morgan fingerprint density at radius 1 is 1.47 bits per heavy atom. The Bertz CT molecular complexity index is 645. The highest BCUT2D eigenvalue weighted by atomic mass is 32.2. The number of hydrogen-bond acceptors (Lipinski definition) is 5. The van der Waals surface area contributed by atoms with Crippen LogP contribution in [0, 0.1) is 6.92 Å². The van der Waals surface area contributed by atoms with E-state index in [1.54, 1.807) is 18.2 Å². The van der Waals surface area contributed by atoms with E-state index < -0.39 is 10.0 Å². The minimum Gasteiger partial charge on any atom is -0.468 e. The van der Waals surface area contributed by atoms with Crippen LogP contribution in [0.25, 0.3) is 0 Å². The number of hydrogen-bond donors (Lipinski definition) is 1. The molecule has 0 aliphatic rings. The fourth-order valence-electron chi connectivity index (χ4n) is 1.68. The summed E-state index contributed by atoms with van der Waals surface area (Å²) in [6, 6.07) is 5.15. The molecule has 0 atom stereocenters. The Kier molecular flexibility index (Phi) is 4.10. The fraction of sp³-hybridized carbons (Fsp3) is 0.333. The van der Waals surface area contributed by atoms with Crippen LogP contribution >= 0.6 is 11.3 Å². The molecular weight excluding hydrogens is 284 g/mol. The average molecular weight is 300 g/mol. The van der Waals surface area contributed by atoms with Crippen molar-refractivity contribution in [2.75, 3.05) is 7.05 Å². The highest BCUT2D eigenvalue weighted by Gasteiger charge is 2.24. The van der Waals surface area contributed by atoms with Gasteiger partial charge < -0.3 is 10.2 Å². The lowest BCUT2D eigenvalue weighted by atomic mass is 10.3. The van der Waals surface area contributed by atoms with Crippen molar-refractivity contribution in [3.8, 4) is 0 Å². The number of nitrogens with zero attached hydrogens (tertiary/aromatic N) is 1. The van der Waals surface area contributed by atoms with Crippen molar-refractivity contribution >= 4 is 21.4 Å². The molecule has 2 N–H and O–H groups in total. The smallest absolute Gasteiger partial charge is 0.252 e. The van der Waals surface area contributed by atoms with Crippen LogP contribution in [-0.2, 0) is 23.1 Å². The number of nitrogens with two attached hydrogens (primary N) is 1. The first-order chi connectivity index (χ1) is 8.95. The van der Waals surface area contributed by atoms with Gasteiger partial charge in [0.1, 0.15) is 9.97 Å². The van der Waals surface area contributed by atoms with Crippen LogP contribution in [-0.4, -0.2) is 19.8 Å². The highest BCUT2D eigenvalue weighted by molar-refractivity contribution is 7.91. The third kappa shape index (κ3) is 2.89. The minimum atomic E-state index is -3.49. The normalized spacial score (nSPS) is 12.2. The van der Waals surface area contributed by atoms with Crippen molar-refractivity contribution in [3.05, 3.63) is 40.7 Å². The molecule has 0 spiro atoms. The van der Waals surface area contributed by atoms with E-state index in [1.807, 2.05) is 6.92 Å². The summed E-state index contributed by atoms with van der Waals surface area (Å²) < 4.78 is 31.5. The predicted molar refractivity (Wildman–Crippen MR) is 74.3 cm³/mol. The number of rotatable bonds is 5. The van der Waals surface area contributed by atoms with E-state index in [-0.39, 0.29) is 6.54 Å². The predicted octanol–water partition coefficient (Wildman–Crippen LogP) is 1.93. The molecule has 0 aromatic carbocycles. The lowest BCUT2D eigenvalue weighted by Gasteiger charge is -2.14. The SMILES string of the molecule is Cc1cc(S(=O)(=O)N(C)Cc2ccco2)sc1CN. The Balaban J connectivity index is 2.25. The van der Waals surface area contributed by atoms with Crippen LogP contribution in [0.5, 0.6) is 0 Å². The van der Waals surface area contributed by atoms with Gasteiger partial charge in [0.2, 0.25) is 0 Å². The standard InChI is InChI=1S/C12H16N2O3S2/c1-9-6-12(18-11(9)7-13)19(15,16)14(2)8-10-4-3-5-17-10/h3-6H,7-8,13H2,1-2H3. The van der Waals surface area contributed by atoms with E-state index in [1.165, 1.54) is 29.0 Å². The fourth-order valence-corrected chi connectivity index (χ4v) is 4.50. The lowest BCUT2D eigenvalue weighted by molar-refractivity contribution is 0.407. The highest BCUT2D eigenvalue weighted by Crippen LogP contribution is 2.28. The summed E-state index contributed by atoms with van der Waals surface area (Å²) in [5, 5.41) is 0. The van der Waals surface area contributed by atoms with E-state index in [0.29, 0.717) is 16.5 Å². The molecule has 0 saturated carbocycles. The zero-order chi connectivity index (χ0) is 14.0. The monoisotopic (exact) mass is 300 g/mol. The summed E-state index contributed by atoms with van der Waals surface area (Å²) in [5.41, 5.74) is 6.49. The molecule has 0 aliphatic carbocycles. The molecule has 5 nitrogen and oxygen atoms in total. The van der Waals surface area contributed by atoms with Gasteiger partial charge in [0.25, 0.3) is 10.0 Å². The second-order valence-corrected chi connectivity index (χ2v) is 7.62. The van der Waals surface area contributed by atoms with Crippen molar-refractivity contribution in [3.63, 3.8) is 0 Å². The van der Waals surface area contributed by atoms with Gasteiger partial charge in [-0.1, -0.05) is 0 Å². The Morgan fingerprint density at radius 3 is 2.74 bits per heavy atom. The molecule has 2 aromatic heterocycles. The Labute approximate surface area is 116 Å². The Hall–Kier alpha value is -1.15. The lowest BCUT2D eigenvalue weighted by Crippen LogP contribution is -2.25. The van der Waals surface area contributed by atoms with Crippen molar-refractivity contribution in [2.45, 2.75) is 24.2 Å². The maximum absolute atomic E-state index is 12.4. The summed E-state index contributed by atoms with van der Waals surface area (Å²) in [5.74, 6) is 0.610. The van der Waals surface area contributed by atoms with Crippen molar-refractivity contribution in [2.24, 2.45) is 5.73 Å². The second kappa shape index (κ2) is 5.46. The molecule has 0 unspecified atom stereocenters. The molecule has 0 bridgehead atoms. The first kappa shape index (κ1) is 14.3. The van der Waals surface area contributed by atoms with E-state index in [4.69, 9.17) is 10.2 Å². The summed E-state index contributed by atoms with van der Waals surface area (Å²) in [6.07, 6.45) is 1.53. The molecule has 7 heteroatoms. The van der Waals surface area contributed by atoms with Gasteiger partial charge in [-0.2, -0.15) is 4.31 Å². The zero-order valence-electron chi connectivity index (χ0n) is 10.8. The van der Waals surface area contributed by atoms with Gasteiger partial charge in [0, 0.05) is 18.5 Å². The van der Waals surface area contributed by atoms with Crippen LogP contribution in [0.2, 0.25) is 0 Å². The van der Waals surface area contributed by atoms with Crippen LogP contribution in [0.1, 0.15) is 16.2 Å². The van der Waals surface area contributed by atoms with E-state index in [0.717, 1.165) is 10.4 Å². The molecule has 2 rings (SSSR count). The van der Waals surface area contributed by atoms with Gasteiger partial charge >= 0.3 is 0 Å². The molecule has 0 fully saturated rings. The van der Waals surface area contributed by atoms with Gasteiger partial charge in [0.05, 0.1) is 12.8 Å². The van der Waals surface area contributed by atoms with Crippen molar-refractivity contribution in [1.82, 2.24) is 4.31 Å². The number of thiophene rings is 1. The molecule has 2 heterocycles. The molecule has 0 radical (unpaired) electrons. The first-order valence-corrected chi connectivity index (χ1v) is 7.99. The summed E-state index contributed by atoms with van der Waals surface area (Å²) in [6.45, 7) is 2.43. The second-order valence-electron chi connectivity index (χ2n) is 4.22. The summed E-state index contributed by atoms with van der Waals surface area (Å²) >= 11 is 1.22. The quantitative estimate of drug-likeness (QED) is 0.915. The number of sulfonamides is 1. The summed E-state index contributed by atoms with van der Waals surface area (Å²) in [7, 11) is -1.95. The largest absolute Gasteiger partial charge is 0.468 e. The zero-order valence-corrected chi connectivity index (χ0v) is 12.4. The third-order valence-electron chi connectivity index (χ3n) is 2.81. The van der Waals surface area contributed by atoms with Gasteiger partial charge in [-0.3, -0.25) is 0 Å². The molecular formula is C12H16N2O3S2. The average Bonchev–Trinajstić information content (AvgIpc) is 2.98. The van der Waals surface area contributed by atoms with Gasteiger partial charge in [0.15, 0.2) is 0 Å². The molecule has 0 amide bonds. The van der Waals surface area contributed by atoms with Gasteiger partial charge in [-0.05, 0) is 30.7 Å². The van der Waals surface area contributed by atoms with Crippen LogP contribution in [0.3, 0.4) is 0 Å². The third-order valence-corrected chi connectivity index (χ3v) is 6.32. The number of furan rings is 1.